The van der Waals surface area contributed by atoms with Gasteiger partial charge in [0, 0.05) is 0 Å². The fourth-order valence-corrected chi connectivity index (χ4v) is 2.06. The Morgan fingerprint density at radius 2 is 2.25 bits per heavy atom. The molecule has 20 heavy (non-hydrogen) atoms. The summed E-state index contributed by atoms with van der Waals surface area (Å²) in [5, 5.41) is 21.3. The number of hydrazone groups is 1. The topological polar surface area (TPSA) is 111 Å². The van der Waals surface area contributed by atoms with Gasteiger partial charge in [-0.1, -0.05) is 0 Å². The van der Waals surface area contributed by atoms with E-state index in [2.05, 4.69) is 20.7 Å². The van der Waals surface area contributed by atoms with E-state index in [1.807, 2.05) is 22.6 Å². The predicted molar refractivity (Wildman–Crippen MR) is 83.5 cm³/mol. The standard InChI is InChI=1S/C11H13IN6O2/c1-6-15-17-11(18(6)13)16-14-5-7-3-8(12)10(19)9(4-7)20-2/h3-5,19H,13H2,1-2H3,(H,16,17). The number of phenolic OH excluding ortho intramolecular Hbond substituents is 1. The molecule has 0 fully saturated rings. The van der Waals surface area contributed by atoms with E-state index in [4.69, 9.17) is 10.6 Å². The largest absolute Gasteiger partial charge is 0.504 e. The summed E-state index contributed by atoms with van der Waals surface area (Å²) in [6, 6.07) is 3.43. The molecule has 106 valence electrons. The molecular formula is C11H13IN6O2. The van der Waals surface area contributed by atoms with Crippen LogP contribution in [0.15, 0.2) is 17.2 Å². The average Bonchev–Trinajstić information content (AvgIpc) is 2.74. The molecule has 2 rings (SSSR count). The van der Waals surface area contributed by atoms with Gasteiger partial charge in [0.15, 0.2) is 17.3 Å². The molecule has 0 saturated heterocycles. The number of aromatic nitrogens is 3. The van der Waals surface area contributed by atoms with Crippen LogP contribution in [0.25, 0.3) is 0 Å². The Morgan fingerprint density at radius 3 is 2.85 bits per heavy atom. The second-order valence-corrected chi connectivity index (χ2v) is 5.03. The minimum Gasteiger partial charge on any atom is -0.504 e. The van der Waals surface area contributed by atoms with Crippen LogP contribution in [0.4, 0.5) is 5.95 Å². The normalized spacial score (nSPS) is 10.9. The summed E-state index contributed by atoms with van der Waals surface area (Å²) in [4.78, 5) is 0. The van der Waals surface area contributed by atoms with Crippen LogP contribution < -0.4 is 16.0 Å². The number of nitrogens with two attached hydrogens (primary N) is 1. The van der Waals surface area contributed by atoms with Crippen molar-refractivity contribution in [3.63, 3.8) is 0 Å². The molecule has 0 atom stereocenters. The average molecular weight is 388 g/mol. The Balaban J connectivity index is 2.16. The molecule has 1 aromatic heterocycles. The summed E-state index contributed by atoms with van der Waals surface area (Å²) in [6.07, 6.45) is 1.56. The molecule has 1 heterocycles. The first-order valence-electron chi connectivity index (χ1n) is 5.55. The van der Waals surface area contributed by atoms with E-state index >= 15 is 0 Å². The van der Waals surface area contributed by atoms with E-state index < -0.39 is 0 Å². The number of hydrogen-bond donors (Lipinski definition) is 3. The highest BCUT2D eigenvalue weighted by Crippen LogP contribution is 2.31. The molecule has 0 unspecified atom stereocenters. The first kappa shape index (κ1) is 14.4. The van der Waals surface area contributed by atoms with Gasteiger partial charge < -0.3 is 15.7 Å². The SMILES string of the molecule is COc1cc(C=NNc2nnc(C)n2N)cc(I)c1O. The van der Waals surface area contributed by atoms with E-state index in [0.717, 1.165) is 5.56 Å². The van der Waals surface area contributed by atoms with Crippen molar-refractivity contribution in [2.75, 3.05) is 18.4 Å². The van der Waals surface area contributed by atoms with Crippen molar-refractivity contribution in [1.82, 2.24) is 14.9 Å². The number of nitrogen functional groups attached to an aromatic ring is 1. The Hall–Kier alpha value is -2.04. The zero-order valence-electron chi connectivity index (χ0n) is 10.8. The summed E-state index contributed by atoms with van der Waals surface area (Å²) >= 11 is 2.01. The zero-order valence-corrected chi connectivity index (χ0v) is 13.0. The van der Waals surface area contributed by atoms with Gasteiger partial charge in [-0.25, -0.2) is 10.1 Å². The first-order chi connectivity index (χ1) is 9.52. The molecule has 8 nitrogen and oxygen atoms in total. The molecule has 0 spiro atoms. The number of methoxy groups -OCH3 is 1. The van der Waals surface area contributed by atoms with Crippen molar-refractivity contribution >= 4 is 34.8 Å². The highest BCUT2D eigenvalue weighted by atomic mass is 127. The van der Waals surface area contributed by atoms with Crippen molar-refractivity contribution in [3.8, 4) is 11.5 Å². The number of benzene rings is 1. The number of phenols is 1. The summed E-state index contributed by atoms with van der Waals surface area (Å²) in [5.74, 6) is 7.07. The third-order valence-electron chi connectivity index (χ3n) is 2.52. The quantitative estimate of drug-likeness (QED) is 0.313. The Kier molecular flexibility index (Phi) is 4.27. The zero-order chi connectivity index (χ0) is 14.7. The van der Waals surface area contributed by atoms with Gasteiger partial charge in [-0.15, -0.1) is 10.2 Å². The van der Waals surface area contributed by atoms with Crippen LogP contribution in [0.3, 0.4) is 0 Å². The molecule has 1 aromatic carbocycles. The summed E-state index contributed by atoms with van der Waals surface area (Å²) in [6.45, 7) is 1.73. The maximum Gasteiger partial charge on any atom is 0.263 e. The molecule has 9 heteroatoms. The second kappa shape index (κ2) is 5.94. The fourth-order valence-electron chi connectivity index (χ4n) is 1.43. The van der Waals surface area contributed by atoms with Crippen LogP contribution in [-0.2, 0) is 0 Å². The van der Waals surface area contributed by atoms with E-state index in [0.29, 0.717) is 21.1 Å². The minimum absolute atomic E-state index is 0.107. The van der Waals surface area contributed by atoms with Crippen molar-refractivity contribution in [2.24, 2.45) is 5.10 Å². The van der Waals surface area contributed by atoms with Crippen molar-refractivity contribution in [1.29, 1.82) is 0 Å². The smallest absolute Gasteiger partial charge is 0.263 e. The summed E-state index contributed by atoms with van der Waals surface area (Å²) in [7, 11) is 1.49. The highest BCUT2D eigenvalue weighted by molar-refractivity contribution is 14.1. The van der Waals surface area contributed by atoms with Gasteiger partial charge in [0.25, 0.3) is 5.95 Å². The third-order valence-corrected chi connectivity index (χ3v) is 3.34. The van der Waals surface area contributed by atoms with Crippen LogP contribution in [0.2, 0.25) is 0 Å². The molecule has 0 bridgehead atoms. The molecule has 0 radical (unpaired) electrons. The number of ether oxygens (including phenoxy) is 1. The second-order valence-electron chi connectivity index (χ2n) is 3.86. The summed E-state index contributed by atoms with van der Waals surface area (Å²) in [5.41, 5.74) is 3.44. The summed E-state index contributed by atoms with van der Waals surface area (Å²) < 4.78 is 7.03. The van der Waals surface area contributed by atoms with Gasteiger partial charge in [-0.3, -0.25) is 0 Å². The molecule has 0 aliphatic rings. The number of halogens is 1. The molecule has 2 aromatic rings. The maximum atomic E-state index is 9.73. The lowest BCUT2D eigenvalue weighted by molar-refractivity contribution is 0.371. The number of aromatic hydroxyl groups is 1. The van der Waals surface area contributed by atoms with Crippen LogP contribution in [0.1, 0.15) is 11.4 Å². The van der Waals surface area contributed by atoms with Crippen molar-refractivity contribution in [2.45, 2.75) is 6.92 Å². The Morgan fingerprint density at radius 1 is 1.50 bits per heavy atom. The van der Waals surface area contributed by atoms with E-state index in [9.17, 15) is 5.11 Å². The number of rotatable bonds is 4. The molecule has 0 saturated carbocycles. The van der Waals surface area contributed by atoms with Crippen molar-refractivity contribution in [3.05, 3.63) is 27.1 Å². The number of anilines is 1. The Bertz CT molecular complexity index is 655. The van der Waals surface area contributed by atoms with Gasteiger partial charge in [0.1, 0.15) is 0 Å². The highest BCUT2D eigenvalue weighted by Gasteiger charge is 2.07. The van der Waals surface area contributed by atoms with E-state index in [1.54, 1.807) is 25.3 Å². The van der Waals surface area contributed by atoms with Gasteiger partial charge in [0.2, 0.25) is 0 Å². The Labute approximate surface area is 128 Å². The van der Waals surface area contributed by atoms with Gasteiger partial charge >= 0.3 is 0 Å². The lowest BCUT2D eigenvalue weighted by Crippen LogP contribution is -2.13. The number of nitrogens with zero attached hydrogens (tertiary/aromatic N) is 4. The molecule has 0 aliphatic carbocycles. The first-order valence-corrected chi connectivity index (χ1v) is 6.63. The monoisotopic (exact) mass is 388 g/mol. The number of aryl methyl sites for hydroxylation is 1. The fraction of sp³-hybridized carbons (Fsp3) is 0.182. The number of nitrogens with one attached hydrogen (secondary N) is 1. The minimum atomic E-state index is 0.107. The van der Waals surface area contributed by atoms with Crippen LogP contribution in [0.5, 0.6) is 11.5 Å². The molecular weight excluding hydrogens is 375 g/mol. The van der Waals surface area contributed by atoms with E-state index in [-0.39, 0.29) is 5.75 Å². The van der Waals surface area contributed by atoms with Crippen LogP contribution in [-0.4, -0.2) is 33.3 Å². The van der Waals surface area contributed by atoms with Gasteiger partial charge in [-0.05, 0) is 47.2 Å². The maximum absolute atomic E-state index is 9.73. The van der Waals surface area contributed by atoms with Gasteiger partial charge in [-0.2, -0.15) is 5.10 Å². The molecule has 0 aliphatic heterocycles. The predicted octanol–water partition coefficient (Wildman–Crippen LogP) is 1.07. The van der Waals surface area contributed by atoms with E-state index in [1.165, 1.54) is 11.8 Å². The third kappa shape index (κ3) is 2.92. The molecule has 0 amide bonds. The van der Waals surface area contributed by atoms with Gasteiger partial charge in [0.05, 0.1) is 16.9 Å². The van der Waals surface area contributed by atoms with Crippen molar-refractivity contribution < 1.29 is 9.84 Å². The number of hydrogen-bond acceptors (Lipinski definition) is 7. The molecule has 4 N–H and O–H groups in total. The lowest BCUT2D eigenvalue weighted by atomic mass is 10.2. The lowest BCUT2D eigenvalue weighted by Gasteiger charge is -2.06. The van der Waals surface area contributed by atoms with Crippen LogP contribution in [0, 0.1) is 10.5 Å². The van der Waals surface area contributed by atoms with Crippen LogP contribution >= 0.6 is 22.6 Å².